The number of anilines is 2. The van der Waals surface area contributed by atoms with Crippen molar-refractivity contribution < 1.29 is 14.3 Å². The first-order chi connectivity index (χ1) is 13.3. The van der Waals surface area contributed by atoms with Gasteiger partial charge in [-0.3, -0.25) is 4.79 Å². The summed E-state index contributed by atoms with van der Waals surface area (Å²) in [5.74, 6) is 1.44. The molecule has 2 aromatic rings. The van der Waals surface area contributed by atoms with Crippen LogP contribution in [0.3, 0.4) is 0 Å². The van der Waals surface area contributed by atoms with Gasteiger partial charge in [-0.25, -0.2) is 9.97 Å². The summed E-state index contributed by atoms with van der Waals surface area (Å²) in [4.78, 5) is 23.4. The average Bonchev–Trinajstić information content (AvgIpc) is 2.73. The number of carbonyl (C=O) groups excluding carboxylic acids is 1. The van der Waals surface area contributed by atoms with Gasteiger partial charge in [0.25, 0.3) is 0 Å². The molecule has 2 heterocycles. The number of nitrogens with one attached hydrogen (secondary N) is 1. The van der Waals surface area contributed by atoms with Gasteiger partial charge in [-0.2, -0.15) is 0 Å². The molecule has 7 heteroatoms. The Bertz CT molecular complexity index is 718. The number of rotatable bonds is 8. The number of piperidine rings is 1. The minimum absolute atomic E-state index is 0.0218. The van der Waals surface area contributed by atoms with Crippen molar-refractivity contribution in [2.45, 2.75) is 19.3 Å². The molecule has 0 atom stereocenters. The van der Waals surface area contributed by atoms with Crippen LogP contribution < -0.4 is 15.0 Å². The monoisotopic (exact) mass is 370 g/mol. The van der Waals surface area contributed by atoms with Crippen LogP contribution in [0.2, 0.25) is 0 Å². The molecule has 0 radical (unpaired) electrons. The molecule has 1 amide bonds. The predicted octanol–water partition coefficient (Wildman–Crippen LogP) is 2.75. The van der Waals surface area contributed by atoms with Gasteiger partial charge in [0.05, 0.1) is 12.3 Å². The van der Waals surface area contributed by atoms with E-state index in [-0.39, 0.29) is 11.8 Å². The zero-order valence-corrected chi connectivity index (χ0v) is 15.6. The van der Waals surface area contributed by atoms with E-state index < -0.39 is 0 Å². The van der Waals surface area contributed by atoms with E-state index in [1.165, 1.54) is 0 Å². The molecule has 0 unspecified atom stereocenters. The second kappa shape index (κ2) is 9.87. The molecule has 0 spiro atoms. The quantitative estimate of drug-likeness (QED) is 0.720. The predicted molar refractivity (Wildman–Crippen MR) is 104 cm³/mol. The van der Waals surface area contributed by atoms with E-state index in [9.17, 15) is 4.79 Å². The van der Waals surface area contributed by atoms with E-state index in [0.29, 0.717) is 24.7 Å². The Morgan fingerprint density at radius 1 is 1.15 bits per heavy atom. The van der Waals surface area contributed by atoms with E-state index in [2.05, 4.69) is 20.2 Å². The van der Waals surface area contributed by atoms with Crippen LogP contribution in [0.15, 0.2) is 42.7 Å². The fraction of sp³-hybridized carbons (Fsp3) is 0.450. The van der Waals surface area contributed by atoms with Crippen LogP contribution in [-0.2, 0) is 9.53 Å². The molecule has 1 aliphatic heterocycles. The number of para-hydroxylation sites is 2. The summed E-state index contributed by atoms with van der Waals surface area (Å²) in [6, 6.07) is 9.35. The molecule has 1 saturated heterocycles. The highest BCUT2D eigenvalue weighted by atomic mass is 16.5. The number of aromatic nitrogens is 2. The largest absolute Gasteiger partial charge is 0.491 e. The molecule has 0 saturated carbocycles. The third-order valence-corrected chi connectivity index (χ3v) is 4.60. The molecule has 27 heavy (non-hydrogen) atoms. The minimum atomic E-state index is -0.0218. The number of ether oxygens (including phenoxy) is 2. The molecule has 0 aliphatic carbocycles. The summed E-state index contributed by atoms with van der Waals surface area (Å²) in [6.07, 6.45) is 5.84. The van der Waals surface area contributed by atoms with Crippen LogP contribution in [0.25, 0.3) is 0 Å². The number of hydrogen-bond donors (Lipinski definition) is 1. The first-order valence-corrected chi connectivity index (χ1v) is 9.31. The van der Waals surface area contributed by atoms with E-state index in [1.54, 1.807) is 25.6 Å². The molecule has 1 fully saturated rings. The lowest BCUT2D eigenvalue weighted by molar-refractivity contribution is -0.120. The molecular weight excluding hydrogens is 344 g/mol. The average molecular weight is 370 g/mol. The fourth-order valence-corrected chi connectivity index (χ4v) is 3.11. The van der Waals surface area contributed by atoms with Crippen molar-refractivity contribution >= 4 is 17.5 Å². The van der Waals surface area contributed by atoms with Crippen LogP contribution >= 0.6 is 0 Å². The van der Waals surface area contributed by atoms with Crippen molar-refractivity contribution in [3.05, 3.63) is 42.7 Å². The van der Waals surface area contributed by atoms with E-state index in [1.807, 2.05) is 24.3 Å². The highest BCUT2D eigenvalue weighted by Crippen LogP contribution is 2.27. The van der Waals surface area contributed by atoms with E-state index in [0.717, 1.165) is 38.3 Å². The summed E-state index contributed by atoms with van der Waals surface area (Å²) >= 11 is 0. The maximum atomic E-state index is 12.7. The van der Waals surface area contributed by atoms with Crippen LogP contribution in [0.5, 0.6) is 5.75 Å². The smallest absolute Gasteiger partial charge is 0.227 e. The molecule has 1 aromatic carbocycles. The summed E-state index contributed by atoms with van der Waals surface area (Å²) in [5.41, 5.74) is 0.716. The summed E-state index contributed by atoms with van der Waals surface area (Å²) in [6.45, 7) is 2.75. The third kappa shape index (κ3) is 5.40. The molecule has 1 N–H and O–H groups in total. The van der Waals surface area contributed by atoms with Gasteiger partial charge in [0.2, 0.25) is 11.9 Å². The third-order valence-electron chi connectivity index (χ3n) is 4.60. The Morgan fingerprint density at radius 3 is 2.63 bits per heavy atom. The van der Waals surface area contributed by atoms with Gasteiger partial charge >= 0.3 is 0 Å². The summed E-state index contributed by atoms with van der Waals surface area (Å²) < 4.78 is 10.8. The van der Waals surface area contributed by atoms with Gasteiger partial charge in [-0.15, -0.1) is 0 Å². The number of amides is 1. The Kier molecular flexibility index (Phi) is 6.98. The standard InChI is InChI=1S/C20H26N4O3/c1-26-14-5-15-27-18-7-3-2-6-17(18)23-19(25)16-8-12-24(13-9-16)20-21-10-4-11-22-20/h2-4,6-7,10-11,16H,5,8-9,12-15H2,1H3,(H,23,25). The van der Waals surface area contributed by atoms with Gasteiger partial charge in [-0.1, -0.05) is 12.1 Å². The fourth-order valence-electron chi connectivity index (χ4n) is 3.11. The normalized spacial score (nSPS) is 14.8. The van der Waals surface area contributed by atoms with E-state index >= 15 is 0 Å². The molecule has 0 bridgehead atoms. The van der Waals surface area contributed by atoms with Crippen molar-refractivity contribution in [2.24, 2.45) is 5.92 Å². The van der Waals surface area contributed by atoms with Crippen LogP contribution in [0, 0.1) is 5.92 Å². The van der Waals surface area contributed by atoms with Crippen molar-refractivity contribution in [2.75, 3.05) is 43.6 Å². The highest BCUT2D eigenvalue weighted by molar-refractivity contribution is 5.94. The van der Waals surface area contributed by atoms with Gasteiger partial charge < -0.3 is 19.7 Å². The number of benzene rings is 1. The Hall–Kier alpha value is -2.67. The maximum absolute atomic E-state index is 12.7. The van der Waals surface area contributed by atoms with Crippen molar-refractivity contribution in [1.29, 1.82) is 0 Å². The van der Waals surface area contributed by atoms with Crippen LogP contribution in [0.4, 0.5) is 11.6 Å². The highest BCUT2D eigenvalue weighted by Gasteiger charge is 2.26. The lowest BCUT2D eigenvalue weighted by atomic mass is 9.96. The van der Waals surface area contributed by atoms with E-state index in [4.69, 9.17) is 9.47 Å². The summed E-state index contributed by atoms with van der Waals surface area (Å²) in [7, 11) is 1.67. The zero-order valence-electron chi connectivity index (χ0n) is 15.6. The van der Waals surface area contributed by atoms with Crippen molar-refractivity contribution in [3.63, 3.8) is 0 Å². The molecular formula is C20H26N4O3. The van der Waals surface area contributed by atoms with Gasteiger partial charge in [-0.05, 0) is 31.0 Å². The lowest BCUT2D eigenvalue weighted by Gasteiger charge is -2.31. The first-order valence-electron chi connectivity index (χ1n) is 9.31. The number of carbonyl (C=O) groups is 1. The summed E-state index contributed by atoms with van der Waals surface area (Å²) in [5, 5.41) is 3.03. The van der Waals surface area contributed by atoms with Gasteiger partial charge in [0, 0.05) is 51.5 Å². The number of methoxy groups -OCH3 is 1. The molecule has 1 aliphatic rings. The number of hydrogen-bond acceptors (Lipinski definition) is 6. The van der Waals surface area contributed by atoms with Crippen molar-refractivity contribution in [3.8, 4) is 5.75 Å². The Morgan fingerprint density at radius 2 is 1.89 bits per heavy atom. The molecule has 7 nitrogen and oxygen atoms in total. The van der Waals surface area contributed by atoms with Gasteiger partial charge in [0.15, 0.2) is 0 Å². The lowest BCUT2D eigenvalue weighted by Crippen LogP contribution is -2.39. The SMILES string of the molecule is COCCCOc1ccccc1NC(=O)C1CCN(c2ncccn2)CC1. The zero-order chi connectivity index (χ0) is 18.9. The number of nitrogens with zero attached hydrogens (tertiary/aromatic N) is 3. The Balaban J connectivity index is 1.52. The second-order valence-electron chi connectivity index (χ2n) is 6.49. The Labute approximate surface area is 159 Å². The molecule has 3 rings (SSSR count). The molecule has 144 valence electrons. The topological polar surface area (TPSA) is 76.6 Å². The first kappa shape index (κ1) is 19.1. The van der Waals surface area contributed by atoms with Crippen molar-refractivity contribution in [1.82, 2.24) is 9.97 Å². The molecule has 1 aromatic heterocycles. The van der Waals surface area contributed by atoms with Crippen LogP contribution in [0.1, 0.15) is 19.3 Å². The second-order valence-corrected chi connectivity index (χ2v) is 6.49. The maximum Gasteiger partial charge on any atom is 0.227 e. The van der Waals surface area contributed by atoms with Gasteiger partial charge in [0.1, 0.15) is 5.75 Å². The van der Waals surface area contributed by atoms with Crippen LogP contribution in [-0.4, -0.2) is 49.3 Å². The minimum Gasteiger partial charge on any atom is -0.491 e.